The highest BCUT2D eigenvalue weighted by molar-refractivity contribution is 9.10. The number of halogens is 1. The van der Waals surface area contributed by atoms with Crippen molar-refractivity contribution in [1.82, 2.24) is 0 Å². The van der Waals surface area contributed by atoms with Crippen LogP contribution in [0.2, 0.25) is 0 Å². The molecule has 1 aliphatic carbocycles. The van der Waals surface area contributed by atoms with Gasteiger partial charge in [-0.3, -0.25) is 0 Å². The van der Waals surface area contributed by atoms with E-state index < -0.39 is 0 Å². The van der Waals surface area contributed by atoms with Crippen molar-refractivity contribution in [2.24, 2.45) is 0 Å². The predicted molar refractivity (Wildman–Crippen MR) is 80.0 cm³/mol. The second-order valence-electron chi connectivity index (χ2n) is 4.22. The van der Waals surface area contributed by atoms with Gasteiger partial charge in [-0.05, 0) is 34.9 Å². The van der Waals surface area contributed by atoms with E-state index in [4.69, 9.17) is 0 Å². The lowest BCUT2D eigenvalue weighted by atomic mass is 9.97. The average molecular weight is 299 g/mol. The Balaban J connectivity index is 2.24. The first-order valence-corrected chi connectivity index (χ1v) is 6.51. The molecule has 2 aromatic rings. The fraction of sp³-hybridized carbons (Fsp3) is 0. The molecule has 2 aromatic carbocycles. The van der Waals surface area contributed by atoms with Gasteiger partial charge in [-0.25, -0.2) is 0 Å². The molecular formula is C16H11BrO. The van der Waals surface area contributed by atoms with Crippen molar-refractivity contribution in [3.8, 4) is 0 Å². The maximum Gasteiger partial charge on any atom is 0.124 e. The van der Waals surface area contributed by atoms with E-state index in [-0.39, 0.29) is 0 Å². The molecule has 0 atom stereocenters. The maximum absolute atomic E-state index is 10.2. The van der Waals surface area contributed by atoms with Crippen molar-refractivity contribution >= 4 is 39.9 Å². The highest BCUT2D eigenvalue weighted by Gasteiger charge is 2.09. The van der Waals surface area contributed by atoms with Crippen LogP contribution in [0.3, 0.4) is 0 Å². The Morgan fingerprint density at radius 3 is 2.39 bits per heavy atom. The molecule has 0 spiro atoms. The molecule has 1 nitrogen and oxygen atoms in total. The van der Waals surface area contributed by atoms with Crippen LogP contribution in [-0.2, 0) is 0 Å². The number of hydrogen-bond donors (Lipinski definition) is 1. The number of aliphatic hydroxyl groups excluding tert-OH is 1. The topological polar surface area (TPSA) is 20.2 Å². The normalized spacial score (nSPS) is 13.1. The van der Waals surface area contributed by atoms with E-state index in [1.165, 1.54) is 0 Å². The third kappa shape index (κ3) is 2.00. The zero-order chi connectivity index (χ0) is 12.5. The van der Waals surface area contributed by atoms with Gasteiger partial charge in [0.25, 0.3) is 0 Å². The number of benzene rings is 2. The summed E-state index contributed by atoms with van der Waals surface area (Å²) >= 11 is 3.43. The smallest absolute Gasteiger partial charge is 0.124 e. The van der Waals surface area contributed by atoms with Crippen LogP contribution in [0, 0.1) is 0 Å². The van der Waals surface area contributed by atoms with Gasteiger partial charge in [0, 0.05) is 10.0 Å². The van der Waals surface area contributed by atoms with Gasteiger partial charge in [-0.2, -0.15) is 0 Å². The number of rotatable bonds is 0. The van der Waals surface area contributed by atoms with Crippen LogP contribution >= 0.6 is 15.9 Å². The van der Waals surface area contributed by atoms with Gasteiger partial charge in [0.15, 0.2) is 0 Å². The van der Waals surface area contributed by atoms with E-state index >= 15 is 0 Å². The van der Waals surface area contributed by atoms with Crippen molar-refractivity contribution < 1.29 is 5.11 Å². The SMILES string of the molecule is OC1=Cc2ccccc2C=Cc2ccc(Br)cc21. The van der Waals surface area contributed by atoms with Gasteiger partial charge >= 0.3 is 0 Å². The van der Waals surface area contributed by atoms with Gasteiger partial charge in [0.2, 0.25) is 0 Å². The van der Waals surface area contributed by atoms with E-state index in [1.54, 1.807) is 0 Å². The lowest BCUT2D eigenvalue weighted by Gasteiger charge is -2.11. The third-order valence-electron chi connectivity index (χ3n) is 3.02. The second kappa shape index (κ2) is 4.46. The summed E-state index contributed by atoms with van der Waals surface area (Å²) < 4.78 is 0.962. The monoisotopic (exact) mass is 298 g/mol. The van der Waals surface area contributed by atoms with Gasteiger partial charge in [0.1, 0.15) is 5.76 Å². The second-order valence-corrected chi connectivity index (χ2v) is 5.14. The van der Waals surface area contributed by atoms with Crippen LogP contribution in [0.5, 0.6) is 0 Å². The van der Waals surface area contributed by atoms with Crippen molar-refractivity contribution in [2.75, 3.05) is 0 Å². The third-order valence-corrected chi connectivity index (χ3v) is 3.52. The van der Waals surface area contributed by atoms with Crippen LogP contribution in [0.1, 0.15) is 22.3 Å². The first-order valence-electron chi connectivity index (χ1n) is 5.72. The lowest BCUT2D eigenvalue weighted by molar-refractivity contribution is 0.515. The van der Waals surface area contributed by atoms with Gasteiger partial charge in [0.05, 0.1) is 0 Å². The zero-order valence-electron chi connectivity index (χ0n) is 9.60. The molecule has 0 unspecified atom stereocenters. The zero-order valence-corrected chi connectivity index (χ0v) is 11.2. The Hall–Kier alpha value is -1.80. The molecule has 18 heavy (non-hydrogen) atoms. The summed E-state index contributed by atoms with van der Waals surface area (Å²) in [5, 5.41) is 10.2. The fourth-order valence-corrected chi connectivity index (χ4v) is 2.46. The summed E-state index contributed by atoms with van der Waals surface area (Å²) in [7, 11) is 0. The molecule has 0 amide bonds. The summed E-state index contributed by atoms with van der Waals surface area (Å²) in [6.45, 7) is 0. The van der Waals surface area contributed by atoms with Crippen LogP contribution < -0.4 is 0 Å². The largest absolute Gasteiger partial charge is 0.507 e. The molecule has 3 rings (SSSR count). The Kier molecular flexibility index (Phi) is 2.80. The minimum atomic E-state index is 0.295. The Bertz CT molecular complexity index is 669. The Labute approximate surface area is 114 Å². The number of fused-ring (bicyclic) bond motifs is 2. The first kappa shape index (κ1) is 11.3. The quantitative estimate of drug-likeness (QED) is 0.726. The fourth-order valence-electron chi connectivity index (χ4n) is 2.09. The van der Waals surface area contributed by atoms with Crippen LogP contribution in [0.4, 0.5) is 0 Å². The summed E-state index contributed by atoms with van der Waals surface area (Å²) in [6, 6.07) is 13.9. The van der Waals surface area contributed by atoms with Gasteiger partial charge in [-0.1, -0.05) is 58.4 Å². The summed E-state index contributed by atoms with van der Waals surface area (Å²) in [6.07, 6.45) is 5.92. The minimum absolute atomic E-state index is 0.295. The van der Waals surface area contributed by atoms with E-state index in [9.17, 15) is 5.11 Å². The molecule has 88 valence electrons. The number of aliphatic hydroxyl groups is 1. The highest BCUT2D eigenvalue weighted by Crippen LogP contribution is 2.28. The van der Waals surface area contributed by atoms with Crippen LogP contribution in [0.25, 0.3) is 24.0 Å². The van der Waals surface area contributed by atoms with Crippen molar-refractivity contribution in [1.29, 1.82) is 0 Å². The van der Waals surface area contributed by atoms with Gasteiger partial charge in [-0.15, -0.1) is 0 Å². The molecule has 0 aromatic heterocycles. The average Bonchev–Trinajstić information content (AvgIpc) is 2.37. The molecule has 0 heterocycles. The molecule has 0 fully saturated rings. The van der Waals surface area contributed by atoms with Crippen LogP contribution in [0.15, 0.2) is 46.9 Å². The molecule has 0 saturated heterocycles. The Morgan fingerprint density at radius 2 is 1.56 bits per heavy atom. The molecular weight excluding hydrogens is 288 g/mol. The summed E-state index contributed by atoms with van der Waals surface area (Å²) in [4.78, 5) is 0. The van der Waals surface area contributed by atoms with E-state index in [0.29, 0.717) is 5.76 Å². The molecule has 1 aliphatic rings. The maximum atomic E-state index is 10.2. The van der Waals surface area contributed by atoms with Gasteiger partial charge < -0.3 is 5.11 Å². The summed E-state index contributed by atoms with van der Waals surface area (Å²) in [5.41, 5.74) is 3.99. The molecule has 1 N–H and O–H groups in total. The Morgan fingerprint density at radius 1 is 0.833 bits per heavy atom. The lowest BCUT2D eigenvalue weighted by Crippen LogP contribution is -1.92. The van der Waals surface area contributed by atoms with Crippen molar-refractivity contribution in [2.45, 2.75) is 0 Å². The summed E-state index contributed by atoms with van der Waals surface area (Å²) in [5.74, 6) is 0.295. The van der Waals surface area contributed by atoms with E-state index in [2.05, 4.69) is 22.0 Å². The van der Waals surface area contributed by atoms with E-state index in [0.717, 1.165) is 26.7 Å². The molecule has 2 heteroatoms. The molecule has 0 aliphatic heterocycles. The highest BCUT2D eigenvalue weighted by atomic mass is 79.9. The standard InChI is InChI=1S/C16H11BrO/c17-14-8-7-12-6-5-11-3-1-2-4-13(11)9-16(18)15(12)10-14/h1-10,18H. The molecule has 0 saturated carbocycles. The minimum Gasteiger partial charge on any atom is -0.507 e. The van der Waals surface area contributed by atoms with E-state index in [1.807, 2.05) is 54.6 Å². The predicted octanol–water partition coefficient (Wildman–Crippen LogP) is 4.99. The molecule has 0 radical (unpaired) electrons. The first-order chi connectivity index (χ1) is 8.74. The number of hydrogen-bond acceptors (Lipinski definition) is 1. The molecule has 0 bridgehead atoms. The van der Waals surface area contributed by atoms with Crippen molar-refractivity contribution in [3.05, 3.63) is 69.2 Å². The van der Waals surface area contributed by atoms with Crippen LogP contribution in [-0.4, -0.2) is 5.11 Å². The van der Waals surface area contributed by atoms with Crippen molar-refractivity contribution in [3.63, 3.8) is 0 Å².